The fraction of sp³-hybridized carbons (Fsp3) is 0.562. The number of carbonyl (C=O) groups excluding carboxylic acids is 1. The zero-order valence-electron chi connectivity index (χ0n) is 12.8. The Morgan fingerprint density at radius 2 is 2.29 bits per heavy atom. The number of rotatable bonds is 4. The van der Waals surface area contributed by atoms with Crippen molar-refractivity contribution >= 4 is 21.8 Å². The summed E-state index contributed by atoms with van der Waals surface area (Å²) in [5, 5.41) is 6.53. The molecule has 1 aromatic carbocycles. The van der Waals surface area contributed by atoms with Crippen molar-refractivity contribution in [3.05, 3.63) is 28.2 Å². The fourth-order valence-corrected chi connectivity index (χ4v) is 3.26. The Kier molecular flexibility index (Phi) is 5.27. The molecule has 0 radical (unpaired) electrons. The number of halogens is 1. The third-order valence-electron chi connectivity index (χ3n) is 4.21. The van der Waals surface area contributed by atoms with Crippen LogP contribution in [0.2, 0.25) is 0 Å². The van der Waals surface area contributed by atoms with Crippen LogP contribution in [0.4, 0.5) is 0 Å². The molecule has 0 bridgehead atoms. The summed E-state index contributed by atoms with van der Waals surface area (Å²) in [6, 6.07) is 5.67. The minimum absolute atomic E-state index is 0.0541. The molecule has 2 N–H and O–H groups in total. The van der Waals surface area contributed by atoms with E-state index in [1.165, 1.54) is 12.8 Å². The van der Waals surface area contributed by atoms with E-state index in [1.54, 1.807) is 25.3 Å². The lowest BCUT2D eigenvalue weighted by molar-refractivity contribution is 0.0928. The minimum Gasteiger partial charge on any atom is -0.496 e. The molecule has 1 aliphatic heterocycles. The Labute approximate surface area is 134 Å². The average molecular weight is 355 g/mol. The molecule has 1 amide bonds. The lowest BCUT2D eigenvalue weighted by atomic mass is 9.77. The molecule has 1 atom stereocenters. The first-order valence-electron chi connectivity index (χ1n) is 7.29. The lowest BCUT2D eigenvalue weighted by Gasteiger charge is -2.39. The maximum atomic E-state index is 12.2. The van der Waals surface area contributed by atoms with E-state index in [0.29, 0.717) is 18.2 Å². The number of hydrogen-bond acceptors (Lipinski definition) is 3. The van der Waals surface area contributed by atoms with E-state index in [2.05, 4.69) is 40.4 Å². The second-order valence-corrected chi connectivity index (χ2v) is 7.01. The Morgan fingerprint density at radius 3 is 2.90 bits per heavy atom. The number of benzene rings is 1. The summed E-state index contributed by atoms with van der Waals surface area (Å²) < 4.78 is 5.96. The Balaban J connectivity index is 1.97. The molecule has 0 saturated carbocycles. The number of nitrogens with one attached hydrogen (secondary N) is 2. The lowest BCUT2D eigenvalue weighted by Crippen LogP contribution is -2.52. The van der Waals surface area contributed by atoms with Gasteiger partial charge in [0.25, 0.3) is 5.91 Å². The Hall–Kier alpha value is -1.07. The molecule has 1 aromatic rings. The number of ether oxygens (including phenoxy) is 1. The van der Waals surface area contributed by atoms with Gasteiger partial charge in [0.2, 0.25) is 0 Å². The van der Waals surface area contributed by atoms with Crippen LogP contribution in [0.15, 0.2) is 22.7 Å². The molecule has 21 heavy (non-hydrogen) atoms. The van der Waals surface area contributed by atoms with Gasteiger partial charge in [-0.1, -0.05) is 13.8 Å². The summed E-state index contributed by atoms with van der Waals surface area (Å²) in [4.78, 5) is 12.2. The third kappa shape index (κ3) is 3.98. The molecule has 116 valence electrons. The third-order valence-corrected chi connectivity index (χ3v) is 4.83. The highest BCUT2D eigenvalue weighted by Crippen LogP contribution is 2.30. The van der Waals surface area contributed by atoms with E-state index < -0.39 is 0 Å². The predicted octanol–water partition coefficient (Wildman–Crippen LogP) is 2.97. The first-order valence-corrected chi connectivity index (χ1v) is 8.08. The molecule has 2 rings (SSSR count). The highest BCUT2D eigenvalue weighted by molar-refractivity contribution is 9.10. The van der Waals surface area contributed by atoms with Crippen LogP contribution < -0.4 is 15.4 Å². The van der Waals surface area contributed by atoms with E-state index in [0.717, 1.165) is 16.8 Å². The van der Waals surface area contributed by atoms with Crippen molar-refractivity contribution in [3.8, 4) is 5.75 Å². The Morgan fingerprint density at radius 1 is 1.52 bits per heavy atom. The van der Waals surface area contributed by atoms with Gasteiger partial charge >= 0.3 is 0 Å². The summed E-state index contributed by atoms with van der Waals surface area (Å²) >= 11 is 3.40. The molecule has 1 unspecified atom stereocenters. The second kappa shape index (κ2) is 6.79. The summed E-state index contributed by atoms with van der Waals surface area (Å²) in [6.45, 7) is 6.17. The van der Waals surface area contributed by atoms with Gasteiger partial charge in [-0.15, -0.1) is 0 Å². The van der Waals surface area contributed by atoms with Crippen molar-refractivity contribution in [2.45, 2.75) is 32.7 Å². The van der Waals surface area contributed by atoms with E-state index in [-0.39, 0.29) is 11.3 Å². The molecule has 5 heteroatoms. The first-order chi connectivity index (χ1) is 9.94. The van der Waals surface area contributed by atoms with Crippen molar-refractivity contribution < 1.29 is 9.53 Å². The summed E-state index contributed by atoms with van der Waals surface area (Å²) in [6.07, 6.45) is 2.39. The molecule has 1 aliphatic rings. The number of hydrogen-bond donors (Lipinski definition) is 2. The molecule has 1 heterocycles. The van der Waals surface area contributed by atoms with Gasteiger partial charge in [0, 0.05) is 18.2 Å². The fourth-order valence-electron chi connectivity index (χ4n) is 2.72. The second-order valence-electron chi connectivity index (χ2n) is 6.16. The molecular weight excluding hydrogens is 332 g/mol. The molecule has 4 nitrogen and oxygen atoms in total. The zero-order chi connectivity index (χ0) is 15.5. The molecule has 0 spiro atoms. The van der Waals surface area contributed by atoms with Gasteiger partial charge in [-0.25, -0.2) is 0 Å². The Bertz CT molecular complexity index is 517. The van der Waals surface area contributed by atoms with E-state index in [1.807, 2.05) is 0 Å². The van der Waals surface area contributed by atoms with Crippen LogP contribution in [0.3, 0.4) is 0 Å². The average Bonchev–Trinajstić information content (AvgIpc) is 2.45. The van der Waals surface area contributed by atoms with E-state index >= 15 is 0 Å². The van der Waals surface area contributed by atoms with Crippen LogP contribution in [0.5, 0.6) is 5.75 Å². The van der Waals surface area contributed by atoms with Crippen molar-refractivity contribution in [2.75, 3.05) is 20.2 Å². The van der Waals surface area contributed by atoms with Gasteiger partial charge in [0.05, 0.1) is 11.6 Å². The van der Waals surface area contributed by atoms with Crippen LogP contribution in [-0.4, -0.2) is 32.1 Å². The van der Waals surface area contributed by atoms with Crippen molar-refractivity contribution in [1.82, 2.24) is 10.6 Å². The topological polar surface area (TPSA) is 50.4 Å². The van der Waals surface area contributed by atoms with Gasteiger partial charge < -0.3 is 15.4 Å². The normalized spacial score (nSPS) is 20.9. The summed E-state index contributed by atoms with van der Waals surface area (Å²) in [5.74, 6) is 0.670. The zero-order valence-corrected chi connectivity index (χ0v) is 14.4. The van der Waals surface area contributed by atoms with Gasteiger partial charge in [0.1, 0.15) is 5.75 Å². The number of amides is 1. The van der Waals surface area contributed by atoms with Gasteiger partial charge in [0.15, 0.2) is 0 Å². The molecule has 1 saturated heterocycles. The van der Waals surface area contributed by atoms with Crippen LogP contribution in [0, 0.1) is 5.41 Å². The molecule has 0 aromatic heterocycles. The number of methoxy groups -OCH3 is 1. The summed E-state index contributed by atoms with van der Waals surface area (Å²) in [7, 11) is 1.61. The molecule has 0 aliphatic carbocycles. The minimum atomic E-state index is -0.0541. The highest BCUT2D eigenvalue weighted by atomic mass is 79.9. The maximum absolute atomic E-state index is 12.2. The van der Waals surface area contributed by atoms with Crippen LogP contribution in [0.1, 0.15) is 37.0 Å². The van der Waals surface area contributed by atoms with Crippen LogP contribution in [0.25, 0.3) is 0 Å². The highest BCUT2D eigenvalue weighted by Gasteiger charge is 2.31. The van der Waals surface area contributed by atoms with Crippen LogP contribution in [-0.2, 0) is 0 Å². The molecule has 1 fully saturated rings. The largest absolute Gasteiger partial charge is 0.496 e. The monoisotopic (exact) mass is 354 g/mol. The van der Waals surface area contributed by atoms with Gasteiger partial charge in [-0.2, -0.15) is 0 Å². The molecular formula is C16H23BrN2O2. The maximum Gasteiger partial charge on any atom is 0.251 e. The standard InChI is InChI=1S/C16H23BrN2O2/c1-16(2)7-4-8-18-14(16)10-19-15(20)11-5-6-13(21-3)12(17)9-11/h5-6,9,14,18H,4,7-8,10H2,1-3H3,(H,19,20). The van der Waals surface area contributed by atoms with Crippen molar-refractivity contribution in [2.24, 2.45) is 5.41 Å². The van der Waals surface area contributed by atoms with Crippen molar-refractivity contribution in [1.29, 1.82) is 0 Å². The van der Waals surface area contributed by atoms with E-state index in [4.69, 9.17) is 4.74 Å². The van der Waals surface area contributed by atoms with Crippen molar-refractivity contribution in [3.63, 3.8) is 0 Å². The van der Waals surface area contributed by atoms with E-state index in [9.17, 15) is 4.79 Å². The number of carbonyl (C=O) groups is 1. The van der Waals surface area contributed by atoms with Crippen LogP contribution >= 0.6 is 15.9 Å². The first kappa shape index (κ1) is 16.3. The SMILES string of the molecule is COc1ccc(C(=O)NCC2NCCCC2(C)C)cc1Br. The van der Waals surface area contributed by atoms with Gasteiger partial charge in [-0.3, -0.25) is 4.79 Å². The van der Waals surface area contributed by atoms with Gasteiger partial charge in [-0.05, 0) is 58.9 Å². The predicted molar refractivity (Wildman–Crippen MR) is 87.8 cm³/mol. The number of piperidine rings is 1. The summed E-state index contributed by atoms with van der Waals surface area (Å²) in [5.41, 5.74) is 0.850. The quantitative estimate of drug-likeness (QED) is 0.873. The smallest absolute Gasteiger partial charge is 0.251 e.